The van der Waals surface area contributed by atoms with Gasteiger partial charge < -0.3 is 9.47 Å². The van der Waals surface area contributed by atoms with Crippen molar-refractivity contribution in [2.75, 3.05) is 7.11 Å². The fraction of sp³-hybridized carbons (Fsp3) is 0.235. The highest BCUT2D eigenvalue weighted by Gasteiger charge is 2.34. The highest BCUT2D eigenvalue weighted by molar-refractivity contribution is 5.73. The van der Waals surface area contributed by atoms with Gasteiger partial charge in [-0.05, 0) is 36.2 Å². The molecule has 0 aliphatic heterocycles. The van der Waals surface area contributed by atoms with Crippen LogP contribution in [0.25, 0.3) is 0 Å². The molecule has 0 spiro atoms. The van der Waals surface area contributed by atoms with Gasteiger partial charge in [-0.2, -0.15) is 13.2 Å². The van der Waals surface area contributed by atoms with Crippen LogP contribution in [0.4, 0.5) is 13.2 Å². The van der Waals surface area contributed by atoms with E-state index in [1.54, 1.807) is 31.4 Å². The van der Waals surface area contributed by atoms with Gasteiger partial charge in [0, 0.05) is 6.42 Å². The van der Waals surface area contributed by atoms with Crippen LogP contribution < -0.4 is 9.47 Å². The maximum absolute atomic E-state index is 12.8. The number of para-hydroxylation sites is 1. The van der Waals surface area contributed by atoms with Crippen molar-refractivity contribution in [2.45, 2.75) is 19.0 Å². The third-order valence-corrected chi connectivity index (χ3v) is 3.19. The lowest BCUT2D eigenvalue weighted by Gasteiger charge is -2.12. The van der Waals surface area contributed by atoms with Crippen LogP contribution in [0.1, 0.15) is 17.5 Å². The van der Waals surface area contributed by atoms with Crippen LogP contribution in [0.3, 0.4) is 0 Å². The molecule has 0 heterocycles. The van der Waals surface area contributed by atoms with Crippen molar-refractivity contribution >= 4 is 5.97 Å². The minimum Gasteiger partial charge on any atom is -0.497 e. The molecule has 0 N–H and O–H groups in total. The Labute approximate surface area is 131 Å². The van der Waals surface area contributed by atoms with Crippen LogP contribution in [-0.4, -0.2) is 13.1 Å². The normalized spacial score (nSPS) is 11.1. The van der Waals surface area contributed by atoms with Crippen molar-refractivity contribution in [3.8, 4) is 11.5 Å². The number of hydrogen-bond acceptors (Lipinski definition) is 3. The number of esters is 1. The largest absolute Gasteiger partial charge is 0.497 e. The first-order chi connectivity index (χ1) is 10.9. The first kappa shape index (κ1) is 16.9. The molecule has 2 rings (SSSR count). The van der Waals surface area contributed by atoms with Crippen LogP contribution in [0.2, 0.25) is 0 Å². The van der Waals surface area contributed by atoms with E-state index in [0.29, 0.717) is 12.2 Å². The van der Waals surface area contributed by atoms with Crippen LogP contribution >= 0.6 is 0 Å². The number of methoxy groups -OCH3 is 1. The number of alkyl halides is 3. The van der Waals surface area contributed by atoms with Gasteiger partial charge in [-0.1, -0.05) is 24.3 Å². The van der Waals surface area contributed by atoms with Gasteiger partial charge in [-0.25, -0.2) is 0 Å². The van der Waals surface area contributed by atoms with Gasteiger partial charge in [0.1, 0.15) is 11.5 Å². The summed E-state index contributed by atoms with van der Waals surface area (Å²) >= 11 is 0. The second kappa shape index (κ2) is 7.17. The molecule has 0 saturated carbocycles. The summed E-state index contributed by atoms with van der Waals surface area (Å²) in [4.78, 5) is 11.8. The first-order valence-electron chi connectivity index (χ1n) is 6.90. The topological polar surface area (TPSA) is 35.5 Å². The lowest BCUT2D eigenvalue weighted by atomic mass is 10.1. The summed E-state index contributed by atoms with van der Waals surface area (Å²) < 4.78 is 48.3. The van der Waals surface area contributed by atoms with Gasteiger partial charge in [0.25, 0.3) is 0 Å². The molecule has 0 aliphatic carbocycles. The average molecular weight is 324 g/mol. The summed E-state index contributed by atoms with van der Waals surface area (Å²) in [7, 11) is 1.55. The third-order valence-electron chi connectivity index (χ3n) is 3.19. The Hall–Kier alpha value is -2.50. The lowest BCUT2D eigenvalue weighted by molar-refractivity contribution is -0.142. The molecule has 0 unspecified atom stereocenters. The van der Waals surface area contributed by atoms with Gasteiger partial charge >= 0.3 is 12.1 Å². The molecule has 0 atom stereocenters. The number of aryl methyl sites for hydroxylation is 1. The van der Waals surface area contributed by atoms with Gasteiger partial charge in [-0.15, -0.1) is 0 Å². The molecule has 0 aromatic heterocycles. The van der Waals surface area contributed by atoms with Gasteiger partial charge in [0.2, 0.25) is 0 Å². The van der Waals surface area contributed by atoms with Crippen LogP contribution in [0.15, 0.2) is 48.5 Å². The van der Waals surface area contributed by atoms with E-state index in [4.69, 9.17) is 9.47 Å². The molecule has 0 fully saturated rings. The quantitative estimate of drug-likeness (QED) is 0.609. The number of benzene rings is 2. The summed E-state index contributed by atoms with van der Waals surface area (Å²) in [6.45, 7) is 0. The molecule has 2 aromatic carbocycles. The summed E-state index contributed by atoms with van der Waals surface area (Å²) in [6.07, 6.45) is -4.21. The predicted octanol–water partition coefficient (Wildman–Crippen LogP) is 4.25. The Morgan fingerprint density at radius 1 is 1.04 bits per heavy atom. The molecule has 3 nitrogen and oxygen atoms in total. The van der Waals surface area contributed by atoms with E-state index in [2.05, 4.69) is 0 Å². The maximum atomic E-state index is 12.8. The van der Waals surface area contributed by atoms with E-state index in [9.17, 15) is 18.0 Å². The molecular formula is C17H15F3O3. The number of carbonyl (C=O) groups is 1. The molecule has 23 heavy (non-hydrogen) atoms. The zero-order valence-electron chi connectivity index (χ0n) is 12.4. The van der Waals surface area contributed by atoms with E-state index in [1.165, 1.54) is 12.1 Å². The fourth-order valence-electron chi connectivity index (χ4n) is 2.00. The molecule has 0 radical (unpaired) electrons. The average Bonchev–Trinajstić information content (AvgIpc) is 2.53. The number of carbonyl (C=O) groups excluding carboxylic acids is 1. The predicted molar refractivity (Wildman–Crippen MR) is 78.4 cm³/mol. The van der Waals surface area contributed by atoms with E-state index >= 15 is 0 Å². The zero-order chi connectivity index (χ0) is 16.9. The molecular weight excluding hydrogens is 309 g/mol. The Balaban J connectivity index is 1.97. The summed E-state index contributed by atoms with van der Waals surface area (Å²) in [5, 5.41) is 0. The molecule has 6 heteroatoms. The maximum Gasteiger partial charge on any atom is 0.419 e. The van der Waals surface area contributed by atoms with Gasteiger partial charge in [0.05, 0.1) is 12.7 Å². The second-order valence-electron chi connectivity index (χ2n) is 4.82. The number of halogens is 3. The lowest BCUT2D eigenvalue weighted by Crippen LogP contribution is -2.14. The van der Waals surface area contributed by atoms with Crippen molar-refractivity contribution < 1.29 is 27.4 Å². The molecule has 0 amide bonds. The van der Waals surface area contributed by atoms with E-state index in [1.807, 2.05) is 0 Å². The molecule has 0 aliphatic rings. The molecule has 0 bridgehead atoms. The Morgan fingerprint density at radius 2 is 1.70 bits per heavy atom. The van der Waals surface area contributed by atoms with E-state index in [-0.39, 0.29) is 6.42 Å². The Kier molecular flexibility index (Phi) is 5.26. The molecule has 2 aromatic rings. The fourth-order valence-corrected chi connectivity index (χ4v) is 2.00. The monoisotopic (exact) mass is 324 g/mol. The number of hydrogen-bond donors (Lipinski definition) is 0. The summed E-state index contributed by atoms with van der Waals surface area (Å²) in [5.41, 5.74) is -0.0929. The minimum absolute atomic E-state index is 0.0154. The highest BCUT2D eigenvalue weighted by atomic mass is 19.4. The molecule has 0 saturated heterocycles. The van der Waals surface area contributed by atoms with Crippen LogP contribution in [0.5, 0.6) is 11.5 Å². The van der Waals surface area contributed by atoms with Gasteiger partial charge in [-0.3, -0.25) is 4.79 Å². The third kappa shape index (κ3) is 4.74. The van der Waals surface area contributed by atoms with Crippen molar-refractivity contribution in [1.29, 1.82) is 0 Å². The second-order valence-corrected chi connectivity index (χ2v) is 4.82. The van der Waals surface area contributed by atoms with Crippen molar-refractivity contribution in [3.05, 3.63) is 59.7 Å². The Morgan fingerprint density at radius 3 is 2.30 bits per heavy atom. The summed E-state index contributed by atoms with van der Waals surface area (Å²) in [6, 6.07) is 11.7. The SMILES string of the molecule is COc1ccc(CCC(=O)Oc2ccccc2C(F)(F)F)cc1. The number of ether oxygens (including phenoxy) is 2. The Bertz CT molecular complexity index is 664. The summed E-state index contributed by atoms with van der Waals surface area (Å²) in [5.74, 6) is -0.493. The number of rotatable bonds is 5. The zero-order valence-corrected chi connectivity index (χ0v) is 12.4. The van der Waals surface area contributed by atoms with Crippen molar-refractivity contribution in [3.63, 3.8) is 0 Å². The van der Waals surface area contributed by atoms with Crippen LogP contribution in [-0.2, 0) is 17.4 Å². The molecule has 122 valence electrons. The van der Waals surface area contributed by atoms with Gasteiger partial charge in [0.15, 0.2) is 0 Å². The van der Waals surface area contributed by atoms with Crippen molar-refractivity contribution in [2.24, 2.45) is 0 Å². The first-order valence-corrected chi connectivity index (χ1v) is 6.90. The minimum atomic E-state index is -4.56. The smallest absolute Gasteiger partial charge is 0.419 e. The van der Waals surface area contributed by atoms with E-state index in [0.717, 1.165) is 17.7 Å². The standard InChI is InChI=1S/C17H15F3O3/c1-22-13-9-6-12(7-10-13)8-11-16(21)23-15-5-3-2-4-14(15)17(18,19)20/h2-7,9-10H,8,11H2,1H3. The van der Waals surface area contributed by atoms with Crippen molar-refractivity contribution in [1.82, 2.24) is 0 Å². The van der Waals surface area contributed by atoms with E-state index < -0.39 is 23.5 Å². The van der Waals surface area contributed by atoms with Crippen LogP contribution in [0, 0.1) is 0 Å². The highest BCUT2D eigenvalue weighted by Crippen LogP contribution is 2.36.